The van der Waals surface area contributed by atoms with Gasteiger partial charge in [-0.15, -0.1) is 30.7 Å². The van der Waals surface area contributed by atoms with Crippen LogP contribution in [-0.2, 0) is 30.4 Å². The molecule has 31 heteroatoms. The number of hydrogen-bond donors (Lipinski definition) is 9. The van der Waals surface area contributed by atoms with Gasteiger partial charge in [0.05, 0.1) is 36.5 Å². The molecule has 6 rings (SSSR count). The molecule has 6 aromatic rings. The highest BCUT2D eigenvalue weighted by Gasteiger charge is 2.27. The summed E-state index contributed by atoms with van der Waals surface area (Å²) in [6.07, 6.45) is 0. The number of hydrogen-bond acceptors (Lipinski definition) is 22. The molecule has 0 atom stereocenters. The number of methoxy groups -OCH3 is 1. The lowest BCUT2D eigenvalue weighted by Crippen LogP contribution is -2.12. The second-order valence-electron chi connectivity index (χ2n) is 13.5. The lowest BCUT2D eigenvalue weighted by molar-refractivity contribution is 0.0697. The number of carboxylic acid groups (broad SMARTS) is 1. The first-order valence-corrected chi connectivity index (χ1v) is 23.1. The molecular formula is C38H33N9O19S3. The highest BCUT2D eigenvalue weighted by molar-refractivity contribution is 7.86. The van der Waals surface area contributed by atoms with Crippen LogP contribution in [0.4, 0.5) is 34.1 Å². The number of aromatic carboxylic acids is 1. The van der Waals surface area contributed by atoms with Gasteiger partial charge in [0.2, 0.25) is 5.88 Å². The standard InChI is InChI=1S/C38H33N9O19S3/c1-64-20-3-6-25(30(14-20)68(58,59)60)41-42-26-16-29(66-11-9-49)27(17-28(26)65-10-8-48)43-44-32-31(69(61,62)63)13-18-12-19(2-5-22(18)35(32)50)47-37(52)34(33(46-47)36(39)51)45-40-24-7-4-21(67(55,56)57)15-23(24)38(53)54/h2-7,12-17,48-50,52H,8-11H2,1H3,(H2,39,51)(H,53,54)(H,55,56,57)(H,58,59,60)(H,61,62,63)/b42-41+,44-43+,45-40+. The Morgan fingerprint density at radius 3 is 1.78 bits per heavy atom. The molecule has 0 aliphatic rings. The summed E-state index contributed by atoms with van der Waals surface area (Å²) in [6, 6.07) is 12.3. The molecule has 0 radical (unpaired) electrons. The normalized spacial score (nSPS) is 12.4. The van der Waals surface area contributed by atoms with Gasteiger partial charge in [-0.05, 0) is 60.0 Å². The van der Waals surface area contributed by atoms with Crippen molar-refractivity contribution >= 4 is 87.1 Å². The molecule has 0 bridgehead atoms. The van der Waals surface area contributed by atoms with Gasteiger partial charge in [0.25, 0.3) is 36.3 Å². The fourth-order valence-electron chi connectivity index (χ4n) is 6.00. The topological polar surface area (TPSA) is 444 Å². The molecule has 1 heterocycles. The number of aliphatic hydroxyl groups is 2. The molecule has 0 unspecified atom stereocenters. The Morgan fingerprint density at radius 2 is 1.23 bits per heavy atom. The van der Waals surface area contributed by atoms with Crippen molar-refractivity contribution in [3.05, 3.63) is 84.1 Å². The first kappa shape index (κ1) is 50.4. The summed E-state index contributed by atoms with van der Waals surface area (Å²) in [5, 5.41) is 78.0. The minimum atomic E-state index is -5.28. The van der Waals surface area contributed by atoms with Crippen LogP contribution >= 0.6 is 0 Å². The van der Waals surface area contributed by atoms with E-state index in [0.29, 0.717) is 10.7 Å². The van der Waals surface area contributed by atoms with E-state index in [1.807, 2.05) is 0 Å². The van der Waals surface area contributed by atoms with Gasteiger partial charge in [-0.3, -0.25) is 18.5 Å². The van der Waals surface area contributed by atoms with Gasteiger partial charge >= 0.3 is 5.97 Å². The highest BCUT2D eigenvalue weighted by Crippen LogP contribution is 2.46. The van der Waals surface area contributed by atoms with E-state index in [-0.39, 0.29) is 64.0 Å². The van der Waals surface area contributed by atoms with Crippen LogP contribution in [0.25, 0.3) is 16.5 Å². The molecule has 0 aliphatic heterocycles. The average molecular weight is 1020 g/mol. The van der Waals surface area contributed by atoms with Crippen molar-refractivity contribution < 1.29 is 88.2 Å². The number of primary amides is 1. The minimum absolute atomic E-state index is 0.0583. The number of phenolic OH excluding ortho intramolecular Hbond substituents is 1. The van der Waals surface area contributed by atoms with Gasteiger partial charge in [0, 0.05) is 23.6 Å². The monoisotopic (exact) mass is 1020 g/mol. The lowest BCUT2D eigenvalue weighted by Gasteiger charge is -2.13. The number of rotatable bonds is 19. The number of aromatic hydroxyl groups is 2. The Labute approximate surface area is 387 Å². The van der Waals surface area contributed by atoms with Crippen LogP contribution in [0.1, 0.15) is 20.8 Å². The van der Waals surface area contributed by atoms with Gasteiger partial charge in [0.1, 0.15) is 68.7 Å². The molecule has 362 valence electrons. The molecule has 1 aromatic heterocycles. The summed E-state index contributed by atoms with van der Waals surface area (Å²) in [5.74, 6) is -5.21. The Morgan fingerprint density at radius 1 is 0.667 bits per heavy atom. The Kier molecular flexibility index (Phi) is 14.6. The van der Waals surface area contributed by atoms with Crippen LogP contribution in [0.5, 0.6) is 28.9 Å². The van der Waals surface area contributed by atoms with Crippen molar-refractivity contribution in [2.24, 2.45) is 36.4 Å². The van der Waals surface area contributed by atoms with E-state index in [1.54, 1.807) is 0 Å². The maximum absolute atomic E-state index is 12.8. The van der Waals surface area contributed by atoms with Crippen molar-refractivity contribution in [3.8, 4) is 34.6 Å². The number of benzene rings is 5. The zero-order valence-electron chi connectivity index (χ0n) is 34.7. The summed E-state index contributed by atoms with van der Waals surface area (Å²) >= 11 is 0. The van der Waals surface area contributed by atoms with Crippen molar-refractivity contribution in [1.82, 2.24) is 9.78 Å². The third kappa shape index (κ3) is 11.2. The first-order valence-electron chi connectivity index (χ1n) is 18.8. The number of azo groups is 3. The molecule has 0 aliphatic carbocycles. The summed E-state index contributed by atoms with van der Waals surface area (Å²) in [4.78, 5) is 21.7. The van der Waals surface area contributed by atoms with E-state index in [4.69, 9.17) is 19.9 Å². The predicted octanol–water partition coefficient (Wildman–Crippen LogP) is 4.97. The molecular weight excluding hydrogens is 983 g/mol. The van der Waals surface area contributed by atoms with Gasteiger partial charge in [-0.25, -0.2) is 4.79 Å². The number of amides is 1. The third-order valence-electron chi connectivity index (χ3n) is 9.09. The number of aromatic nitrogens is 2. The van der Waals surface area contributed by atoms with Crippen molar-refractivity contribution in [1.29, 1.82) is 0 Å². The average Bonchev–Trinajstić information content (AvgIpc) is 3.63. The third-order valence-corrected chi connectivity index (χ3v) is 11.7. The second kappa shape index (κ2) is 20.1. The van der Waals surface area contributed by atoms with Crippen LogP contribution < -0.4 is 19.9 Å². The predicted molar refractivity (Wildman–Crippen MR) is 233 cm³/mol. The van der Waals surface area contributed by atoms with E-state index in [2.05, 4.69) is 35.8 Å². The lowest BCUT2D eigenvalue weighted by atomic mass is 10.1. The number of nitrogens with zero attached hydrogens (tertiary/aromatic N) is 8. The molecule has 28 nitrogen and oxygen atoms in total. The zero-order chi connectivity index (χ0) is 50.6. The van der Waals surface area contributed by atoms with Crippen molar-refractivity contribution in [2.45, 2.75) is 14.7 Å². The summed E-state index contributed by atoms with van der Waals surface area (Å²) in [5.41, 5.74) is 0.888. The SMILES string of the molecule is COc1ccc(/N=N/c2cc(OCCO)c(/N=N/c3c(S(=O)(=O)O)cc4cc(-n5nc(C(N)=O)c(/N=N/c6ccc(S(=O)(=O)O)cc6C(=O)O)c5O)ccc4c3O)cc2OCCO)c(S(=O)(=O)O)c1. The molecule has 0 saturated heterocycles. The number of carbonyl (C=O) groups is 2. The van der Waals surface area contributed by atoms with Gasteiger partial charge in [-0.2, -0.15) is 35.0 Å². The Balaban J connectivity index is 1.44. The summed E-state index contributed by atoms with van der Waals surface area (Å²) in [7, 11) is -13.7. The number of nitrogens with two attached hydrogens (primary N) is 1. The second-order valence-corrected chi connectivity index (χ2v) is 17.8. The Bertz CT molecular complexity index is 3490. The van der Waals surface area contributed by atoms with E-state index in [9.17, 15) is 74.0 Å². The molecule has 0 saturated carbocycles. The number of carbonyl (C=O) groups excluding carboxylic acids is 1. The highest BCUT2D eigenvalue weighted by atomic mass is 32.2. The van der Waals surface area contributed by atoms with Crippen LogP contribution in [0, 0.1) is 0 Å². The van der Waals surface area contributed by atoms with Crippen molar-refractivity contribution in [3.63, 3.8) is 0 Å². The zero-order valence-corrected chi connectivity index (χ0v) is 37.2. The van der Waals surface area contributed by atoms with Crippen LogP contribution in [0.15, 0.2) is 118 Å². The van der Waals surface area contributed by atoms with E-state index < -0.39 is 110 Å². The molecule has 5 aromatic carbocycles. The molecule has 69 heavy (non-hydrogen) atoms. The molecule has 1 amide bonds. The number of aliphatic hydroxyl groups excluding tert-OH is 2. The quantitative estimate of drug-likeness (QED) is 0.0382. The molecule has 0 spiro atoms. The maximum atomic E-state index is 12.8. The van der Waals surface area contributed by atoms with Gasteiger partial charge in [-0.1, -0.05) is 0 Å². The first-order chi connectivity index (χ1) is 32.5. The summed E-state index contributed by atoms with van der Waals surface area (Å²) < 4.78 is 119. The fourth-order valence-corrected chi connectivity index (χ4v) is 7.80. The molecule has 0 fully saturated rings. The Hall–Kier alpha value is -8.04. The van der Waals surface area contributed by atoms with E-state index >= 15 is 0 Å². The van der Waals surface area contributed by atoms with Crippen LogP contribution in [0.2, 0.25) is 0 Å². The smallest absolute Gasteiger partial charge is 0.338 e. The number of ether oxygens (including phenoxy) is 3. The maximum Gasteiger partial charge on any atom is 0.338 e. The summed E-state index contributed by atoms with van der Waals surface area (Å²) in [6.45, 7) is -1.81. The van der Waals surface area contributed by atoms with Crippen LogP contribution in [0.3, 0.4) is 0 Å². The number of carboxylic acids is 1. The van der Waals surface area contributed by atoms with E-state index in [0.717, 1.165) is 42.5 Å². The van der Waals surface area contributed by atoms with Crippen molar-refractivity contribution in [2.75, 3.05) is 33.5 Å². The number of phenols is 1. The van der Waals surface area contributed by atoms with Gasteiger partial charge < -0.3 is 45.5 Å². The fraction of sp³-hybridized carbons (Fsp3) is 0.132. The molecule has 10 N–H and O–H groups in total. The van der Waals surface area contributed by atoms with E-state index in [1.165, 1.54) is 31.4 Å². The van der Waals surface area contributed by atoms with Gasteiger partial charge in [0.15, 0.2) is 17.1 Å². The minimum Gasteiger partial charge on any atom is -0.505 e. The largest absolute Gasteiger partial charge is 0.505 e. The van der Waals surface area contributed by atoms with Crippen LogP contribution in [-0.4, -0.2) is 120 Å². The number of fused-ring (bicyclic) bond motifs is 1.